The smallest absolute Gasteiger partial charge is 0.336 e. The topological polar surface area (TPSA) is 131 Å². The third kappa shape index (κ3) is 3.56. The van der Waals surface area contributed by atoms with Crippen LogP contribution >= 0.6 is 0 Å². The number of fused-ring (bicyclic) bond motifs is 1. The molecule has 0 amide bonds. The van der Waals surface area contributed by atoms with Gasteiger partial charge in [0.05, 0.1) is 29.1 Å². The lowest BCUT2D eigenvalue weighted by molar-refractivity contribution is 0.0696. The predicted molar refractivity (Wildman–Crippen MR) is 117 cm³/mol. The number of benzene rings is 2. The monoisotopic (exact) mass is 415 g/mol. The van der Waals surface area contributed by atoms with Gasteiger partial charge in [-0.15, -0.1) is 0 Å². The molecule has 0 radical (unpaired) electrons. The van der Waals surface area contributed by atoms with Crippen LogP contribution in [0.15, 0.2) is 42.6 Å². The van der Waals surface area contributed by atoms with Crippen LogP contribution in [-0.4, -0.2) is 39.3 Å². The molecule has 4 rings (SSSR count). The molecule has 0 unspecified atom stereocenters. The number of nitriles is 1. The fourth-order valence-corrected chi connectivity index (χ4v) is 3.77. The molecule has 2 aromatic carbocycles. The lowest BCUT2D eigenvalue weighted by Crippen LogP contribution is -2.28. The van der Waals surface area contributed by atoms with Crippen LogP contribution < -0.4 is 10.6 Å². The normalized spacial score (nSPS) is 16.8. The molecule has 3 aromatic rings. The minimum Gasteiger partial charge on any atom is -0.478 e. The first-order valence-corrected chi connectivity index (χ1v) is 9.73. The number of carboxylic acid groups (broad SMARTS) is 1. The largest absolute Gasteiger partial charge is 0.478 e. The number of aliphatic hydroxyl groups excluding tert-OH is 1. The highest BCUT2D eigenvalue weighted by atomic mass is 16.4. The Morgan fingerprint density at radius 3 is 2.87 bits per heavy atom. The number of hydrogen-bond acceptors (Lipinski definition) is 7. The number of nitrogens with zero attached hydrogens (tertiary/aromatic N) is 3. The molecule has 8 heteroatoms. The summed E-state index contributed by atoms with van der Waals surface area (Å²) in [6.07, 6.45) is 1.60. The predicted octanol–water partition coefficient (Wildman–Crippen LogP) is 3.44. The highest BCUT2D eigenvalue weighted by Gasteiger charge is 2.35. The molecule has 0 spiro atoms. The molecule has 0 saturated heterocycles. The Balaban J connectivity index is 1.74. The van der Waals surface area contributed by atoms with Crippen LogP contribution in [0.25, 0.3) is 11.3 Å². The van der Waals surface area contributed by atoms with E-state index < -0.39 is 11.4 Å². The summed E-state index contributed by atoms with van der Waals surface area (Å²) >= 11 is 0. The van der Waals surface area contributed by atoms with Crippen LogP contribution in [0.3, 0.4) is 0 Å². The van der Waals surface area contributed by atoms with Gasteiger partial charge in [-0.2, -0.15) is 5.26 Å². The van der Waals surface area contributed by atoms with Gasteiger partial charge >= 0.3 is 5.97 Å². The van der Waals surface area contributed by atoms with Gasteiger partial charge in [0.15, 0.2) is 0 Å². The molecule has 0 fully saturated rings. The van der Waals surface area contributed by atoms with Gasteiger partial charge in [0.1, 0.15) is 6.07 Å². The van der Waals surface area contributed by atoms with E-state index in [1.807, 2.05) is 13.0 Å². The Morgan fingerprint density at radius 1 is 1.35 bits per heavy atom. The van der Waals surface area contributed by atoms with Gasteiger partial charge in [0, 0.05) is 29.4 Å². The molecule has 31 heavy (non-hydrogen) atoms. The van der Waals surface area contributed by atoms with Crippen LogP contribution in [-0.2, 0) is 5.41 Å². The minimum absolute atomic E-state index is 0.0445. The molecule has 0 saturated carbocycles. The van der Waals surface area contributed by atoms with Gasteiger partial charge in [0.25, 0.3) is 0 Å². The number of nitrogens with one attached hydrogen (secondary N) is 2. The number of anilines is 3. The van der Waals surface area contributed by atoms with E-state index >= 15 is 0 Å². The maximum Gasteiger partial charge on any atom is 0.336 e. The zero-order valence-electron chi connectivity index (χ0n) is 17.1. The second-order valence-corrected chi connectivity index (χ2v) is 7.80. The first-order chi connectivity index (χ1) is 14.9. The van der Waals surface area contributed by atoms with Crippen molar-refractivity contribution in [3.63, 3.8) is 0 Å². The lowest BCUT2D eigenvalue weighted by Gasteiger charge is -2.21. The standard InChI is InChI=1S/C23H21N5O3/c1-13-16(21(30)31)4-3-5-18(13)27-22-25-7-6-19(28-22)14-8-15(10-24)20-17(9-14)23(2,12-29)11-26-20/h3-9,26,29H,11-12H2,1-2H3,(H,30,31)(H,25,27,28)/t23-/m1/s1. The van der Waals surface area contributed by atoms with Gasteiger partial charge in [-0.3, -0.25) is 0 Å². The fraction of sp³-hybridized carbons (Fsp3) is 0.217. The number of aliphatic hydroxyl groups is 1. The van der Waals surface area contributed by atoms with Crippen LogP contribution in [0.4, 0.5) is 17.3 Å². The number of aromatic carboxylic acids is 1. The highest BCUT2D eigenvalue weighted by molar-refractivity contribution is 5.91. The van der Waals surface area contributed by atoms with E-state index in [0.717, 1.165) is 16.8 Å². The van der Waals surface area contributed by atoms with E-state index in [9.17, 15) is 20.3 Å². The summed E-state index contributed by atoms with van der Waals surface area (Å²) in [6, 6.07) is 12.6. The molecule has 8 nitrogen and oxygen atoms in total. The molecule has 0 bridgehead atoms. The van der Waals surface area contributed by atoms with Crippen molar-refractivity contribution in [2.75, 3.05) is 23.8 Å². The molecule has 1 aliphatic rings. The Morgan fingerprint density at radius 2 is 2.16 bits per heavy atom. The Hall–Kier alpha value is -3.96. The molecule has 156 valence electrons. The Kier molecular flexibility index (Phi) is 5.05. The minimum atomic E-state index is -1.00. The first-order valence-electron chi connectivity index (χ1n) is 9.73. The molecule has 0 aliphatic carbocycles. The highest BCUT2D eigenvalue weighted by Crippen LogP contribution is 2.41. The van der Waals surface area contributed by atoms with E-state index in [4.69, 9.17) is 0 Å². The van der Waals surface area contributed by atoms with Crippen molar-refractivity contribution in [1.82, 2.24) is 9.97 Å². The summed E-state index contributed by atoms with van der Waals surface area (Å²) in [6.45, 7) is 4.17. The third-order valence-electron chi connectivity index (χ3n) is 5.68. The summed E-state index contributed by atoms with van der Waals surface area (Å²) in [5, 5.41) is 35.2. The van der Waals surface area contributed by atoms with E-state index in [-0.39, 0.29) is 12.2 Å². The first kappa shape index (κ1) is 20.3. The molecule has 1 aromatic heterocycles. The van der Waals surface area contributed by atoms with Gasteiger partial charge in [0.2, 0.25) is 5.95 Å². The van der Waals surface area contributed by atoms with Gasteiger partial charge in [-0.1, -0.05) is 13.0 Å². The van der Waals surface area contributed by atoms with Crippen molar-refractivity contribution in [3.8, 4) is 17.3 Å². The van der Waals surface area contributed by atoms with E-state index in [0.29, 0.717) is 35.0 Å². The fourth-order valence-electron chi connectivity index (χ4n) is 3.77. The summed E-state index contributed by atoms with van der Waals surface area (Å²) in [5.41, 5.74) is 4.35. The lowest BCUT2D eigenvalue weighted by atomic mass is 9.83. The summed E-state index contributed by atoms with van der Waals surface area (Å²) in [7, 11) is 0. The number of hydrogen-bond donors (Lipinski definition) is 4. The van der Waals surface area contributed by atoms with Crippen molar-refractivity contribution in [3.05, 3.63) is 64.8 Å². The quantitative estimate of drug-likeness (QED) is 0.498. The molecule has 2 heterocycles. The van der Waals surface area contributed by atoms with Crippen molar-refractivity contribution in [2.24, 2.45) is 0 Å². The Bertz CT molecular complexity index is 1230. The number of aromatic nitrogens is 2. The third-order valence-corrected chi connectivity index (χ3v) is 5.68. The number of carboxylic acids is 1. The molecule has 4 N–H and O–H groups in total. The van der Waals surface area contributed by atoms with Crippen molar-refractivity contribution < 1.29 is 15.0 Å². The molecule has 1 aliphatic heterocycles. The second-order valence-electron chi connectivity index (χ2n) is 7.80. The molecular weight excluding hydrogens is 394 g/mol. The van der Waals surface area contributed by atoms with E-state index in [2.05, 4.69) is 26.7 Å². The average molecular weight is 415 g/mol. The van der Waals surface area contributed by atoms with Crippen molar-refractivity contribution in [2.45, 2.75) is 19.3 Å². The molecule has 1 atom stereocenters. The van der Waals surface area contributed by atoms with Gasteiger partial charge < -0.3 is 20.8 Å². The van der Waals surface area contributed by atoms with Crippen LogP contribution in [0.5, 0.6) is 0 Å². The van der Waals surface area contributed by atoms with Crippen LogP contribution in [0, 0.1) is 18.3 Å². The summed E-state index contributed by atoms with van der Waals surface area (Å²) < 4.78 is 0. The van der Waals surface area contributed by atoms with E-state index in [1.54, 1.807) is 43.5 Å². The zero-order chi connectivity index (χ0) is 22.2. The maximum atomic E-state index is 11.4. The Labute approximate surface area is 179 Å². The summed E-state index contributed by atoms with van der Waals surface area (Å²) in [4.78, 5) is 20.2. The van der Waals surface area contributed by atoms with Crippen molar-refractivity contribution in [1.29, 1.82) is 5.26 Å². The van der Waals surface area contributed by atoms with Gasteiger partial charge in [-0.25, -0.2) is 14.8 Å². The zero-order valence-corrected chi connectivity index (χ0v) is 17.1. The van der Waals surface area contributed by atoms with Crippen LogP contribution in [0.1, 0.15) is 34.0 Å². The van der Waals surface area contributed by atoms with Gasteiger partial charge in [-0.05, 0) is 48.4 Å². The van der Waals surface area contributed by atoms with Crippen molar-refractivity contribution >= 4 is 23.3 Å². The number of rotatable bonds is 5. The average Bonchev–Trinajstić information content (AvgIpc) is 3.12. The maximum absolute atomic E-state index is 11.4. The summed E-state index contributed by atoms with van der Waals surface area (Å²) in [5.74, 6) is -0.691. The SMILES string of the molecule is Cc1c(Nc2nccc(-c3cc(C#N)c4c(c3)[C@@](C)(CO)CN4)n2)cccc1C(=O)O. The van der Waals surface area contributed by atoms with Crippen LogP contribution in [0.2, 0.25) is 0 Å². The molecular formula is C23H21N5O3. The van der Waals surface area contributed by atoms with E-state index in [1.165, 1.54) is 0 Å². The second kappa shape index (κ2) is 7.70. The number of carbonyl (C=O) groups is 1.